The van der Waals surface area contributed by atoms with E-state index in [1.54, 1.807) is 36.5 Å². The molecule has 192 valence electrons. The molecule has 1 amide bonds. The molecule has 1 fully saturated rings. The number of ether oxygens (including phenoxy) is 1. The molecule has 4 aromatic rings. The normalized spacial score (nSPS) is 14.5. The van der Waals surface area contributed by atoms with Crippen molar-refractivity contribution in [1.82, 2.24) is 19.9 Å². The summed E-state index contributed by atoms with van der Waals surface area (Å²) in [6.45, 7) is 3.16. The van der Waals surface area contributed by atoms with Crippen LogP contribution >= 0.6 is 0 Å². The number of aromatic nitrogens is 3. The number of aryl methyl sites for hydroxylation is 1. The number of hydrogen-bond acceptors (Lipinski definition) is 7. The molecule has 0 atom stereocenters. The van der Waals surface area contributed by atoms with E-state index in [2.05, 4.69) is 25.0 Å². The third-order valence-corrected chi connectivity index (χ3v) is 6.81. The van der Waals surface area contributed by atoms with E-state index >= 15 is 0 Å². The van der Waals surface area contributed by atoms with Crippen LogP contribution in [0.15, 0.2) is 60.8 Å². The third-order valence-electron chi connectivity index (χ3n) is 6.21. The fourth-order valence-electron chi connectivity index (χ4n) is 4.36. The van der Waals surface area contributed by atoms with Gasteiger partial charge in [0.1, 0.15) is 11.4 Å². The van der Waals surface area contributed by atoms with Gasteiger partial charge < -0.3 is 19.9 Å². The van der Waals surface area contributed by atoms with E-state index in [1.165, 1.54) is 0 Å². The number of nitrogens with one attached hydrogen (secondary N) is 3. The highest BCUT2D eigenvalue weighted by molar-refractivity contribution is 7.92. The zero-order valence-electron chi connectivity index (χ0n) is 20.6. The summed E-state index contributed by atoms with van der Waals surface area (Å²) in [6.07, 6.45) is 4.26. The monoisotopic (exact) mass is 520 g/mol. The highest BCUT2D eigenvalue weighted by Gasteiger charge is 2.25. The zero-order chi connectivity index (χ0) is 26.0. The van der Waals surface area contributed by atoms with Gasteiger partial charge in [0.2, 0.25) is 21.9 Å². The van der Waals surface area contributed by atoms with E-state index in [9.17, 15) is 13.2 Å². The Morgan fingerprint density at radius 1 is 1.11 bits per heavy atom. The number of likely N-dealkylation sites (tertiary alicyclic amines) is 1. The van der Waals surface area contributed by atoms with Crippen molar-refractivity contribution in [3.8, 4) is 11.6 Å². The lowest BCUT2D eigenvalue weighted by Gasteiger charge is -2.32. The van der Waals surface area contributed by atoms with E-state index < -0.39 is 10.0 Å². The standard InChI is InChI=1S/C26H28N6O4S/c1-17-5-3-4-6-23(17)36-24-9-12-27-26(30-24)28-19-10-13-32(14-11-19)25(33)22-16-18-15-20(31-37(2,34)35)7-8-21(18)29-22/h3-9,12,15-16,19,29,31H,10-11,13-14H2,1-2H3,(H,27,28,30). The number of amides is 1. The van der Waals surface area contributed by atoms with Crippen LogP contribution < -0.4 is 14.8 Å². The quantitative estimate of drug-likeness (QED) is 0.334. The number of para-hydroxylation sites is 1. The van der Waals surface area contributed by atoms with Gasteiger partial charge in [-0.2, -0.15) is 4.98 Å². The number of fused-ring (bicyclic) bond motifs is 1. The molecule has 1 aliphatic rings. The Bertz CT molecular complexity index is 1540. The van der Waals surface area contributed by atoms with Gasteiger partial charge in [0, 0.05) is 48.0 Å². The van der Waals surface area contributed by atoms with Crippen LogP contribution in [0.3, 0.4) is 0 Å². The fraction of sp³-hybridized carbons (Fsp3) is 0.269. The van der Waals surface area contributed by atoms with Crippen LogP contribution in [-0.2, 0) is 10.0 Å². The molecule has 37 heavy (non-hydrogen) atoms. The molecular formula is C26H28N6O4S. The second-order valence-electron chi connectivity index (χ2n) is 9.16. The molecular weight excluding hydrogens is 492 g/mol. The molecule has 3 N–H and O–H groups in total. The first-order chi connectivity index (χ1) is 17.7. The molecule has 0 radical (unpaired) electrons. The number of H-pyrrole nitrogens is 1. The molecule has 1 saturated heterocycles. The maximum atomic E-state index is 13.1. The molecule has 10 nitrogen and oxygen atoms in total. The van der Waals surface area contributed by atoms with E-state index in [0.717, 1.165) is 41.3 Å². The number of carbonyl (C=O) groups is 1. The maximum absolute atomic E-state index is 13.1. The number of sulfonamides is 1. The van der Waals surface area contributed by atoms with Crippen molar-refractivity contribution < 1.29 is 17.9 Å². The minimum absolute atomic E-state index is 0.0860. The van der Waals surface area contributed by atoms with E-state index in [4.69, 9.17) is 4.74 Å². The Morgan fingerprint density at radius 3 is 2.65 bits per heavy atom. The molecule has 2 aromatic carbocycles. The van der Waals surface area contributed by atoms with Crippen molar-refractivity contribution in [2.45, 2.75) is 25.8 Å². The Hall–Kier alpha value is -4.12. The van der Waals surface area contributed by atoms with Crippen LogP contribution in [0, 0.1) is 6.92 Å². The van der Waals surface area contributed by atoms with Crippen LogP contribution in [0.25, 0.3) is 10.9 Å². The summed E-state index contributed by atoms with van der Waals surface area (Å²) in [7, 11) is -3.38. The molecule has 3 heterocycles. The first-order valence-electron chi connectivity index (χ1n) is 12.0. The summed E-state index contributed by atoms with van der Waals surface area (Å²) in [4.78, 5) is 26.9. The average Bonchev–Trinajstić information content (AvgIpc) is 3.28. The lowest BCUT2D eigenvalue weighted by Crippen LogP contribution is -2.42. The predicted octanol–water partition coefficient (Wildman–Crippen LogP) is 4.15. The van der Waals surface area contributed by atoms with E-state index in [-0.39, 0.29) is 11.9 Å². The van der Waals surface area contributed by atoms with Gasteiger partial charge in [0.25, 0.3) is 5.91 Å². The first-order valence-corrected chi connectivity index (χ1v) is 13.9. The minimum atomic E-state index is -3.38. The Kier molecular flexibility index (Phi) is 6.70. The lowest BCUT2D eigenvalue weighted by atomic mass is 10.0. The van der Waals surface area contributed by atoms with Gasteiger partial charge >= 0.3 is 0 Å². The second kappa shape index (κ2) is 10.1. The molecule has 0 aliphatic carbocycles. The summed E-state index contributed by atoms with van der Waals surface area (Å²) in [5.74, 6) is 1.62. The second-order valence-corrected chi connectivity index (χ2v) is 10.9. The summed E-state index contributed by atoms with van der Waals surface area (Å²) < 4.78 is 31.4. The Morgan fingerprint density at radius 2 is 1.89 bits per heavy atom. The largest absolute Gasteiger partial charge is 0.439 e. The molecule has 0 bridgehead atoms. The van der Waals surface area contributed by atoms with Crippen molar-refractivity contribution >= 4 is 38.5 Å². The van der Waals surface area contributed by atoms with E-state index in [1.807, 2.05) is 36.1 Å². The SMILES string of the molecule is Cc1ccccc1Oc1ccnc(NC2CCN(C(=O)c3cc4cc(NS(C)(=O)=O)ccc4[nH]3)CC2)n1. The number of nitrogens with zero attached hydrogens (tertiary/aromatic N) is 3. The highest BCUT2D eigenvalue weighted by Crippen LogP contribution is 2.25. The van der Waals surface area contributed by atoms with Crippen molar-refractivity contribution in [3.63, 3.8) is 0 Å². The van der Waals surface area contributed by atoms with Gasteiger partial charge in [0.05, 0.1) is 6.26 Å². The highest BCUT2D eigenvalue weighted by atomic mass is 32.2. The minimum Gasteiger partial charge on any atom is -0.439 e. The van der Waals surface area contributed by atoms with Crippen LogP contribution in [0.5, 0.6) is 11.6 Å². The number of rotatable bonds is 7. The zero-order valence-corrected chi connectivity index (χ0v) is 21.4. The summed E-state index contributed by atoms with van der Waals surface area (Å²) >= 11 is 0. The lowest BCUT2D eigenvalue weighted by molar-refractivity contribution is 0.0713. The number of hydrogen-bond donors (Lipinski definition) is 3. The topological polar surface area (TPSA) is 129 Å². The Balaban J connectivity index is 1.19. The van der Waals surface area contributed by atoms with Gasteiger partial charge in [-0.25, -0.2) is 13.4 Å². The smallest absolute Gasteiger partial charge is 0.270 e. The van der Waals surface area contributed by atoms with Crippen molar-refractivity contribution in [1.29, 1.82) is 0 Å². The van der Waals surface area contributed by atoms with Gasteiger partial charge in [-0.15, -0.1) is 0 Å². The number of anilines is 2. The van der Waals surface area contributed by atoms with E-state index in [0.29, 0.717) is 36.3 Å². The number of benzene rings is 2. The summed E-state index contributed by atoms with van der Waals surface area (Å²) in [6, 6.07) is 16.5. The Labute approximate surface area is 215 Å². The van der Waals surface area contributed by atoms with Crippen LogP contribution in [-0.4, -0.2) is 59.6 Å². The van der Waals surface area contributed by atoms with Crippen molar-refractivity contribution in [2.24, 2.45) is 0 Å². The molecule has 0 unspecified atom stereocenters. The van der Waals surface area contributed by atoms with Crippen LogP contribution in [0.2, 0.25) is 0 Å². The predicted molar refractivity (Wildman–Crippen MR) is 143 cm³/mol. The van der Waals surface area contributed by atoms with Gasteiger partial charge in [0.15, 0.2) is 0 Å². The van der Waals surface area contributed by atoms with Crippen LogP contribution in [0.1, 0.15) is 28.9 Å². The summed E-state index contributed by atoms with van der Waals surface area (Å²) in [5, 5.41) is 4.13. The number of carbonyl (C=O) groups excluding carboxylic acids is 1. The van der Waals surface area contributed by atoms with Crippen LogP contribution in [0.4, 0.5) is 11.6 Å². The molecule has 11 heteroatoms. The first kappa shape index (κ1) is 24.6. The molecule has 0 spiro atoms. The van der Waals surface area contributed by atoms with Crippen molar-refractivity contribution in [3.05, 3.63) is 72.1 Å². The third kappa shape index (κ3) is 6.00. The maximum Gasteiger partial charge on any atom is 0.270 e. The number of piperidine rings is 1. The number of aromatic amines is 1. The van der Waals surface area contributed by atoms with Gasteiger partial charge in [-0.05, 0) is 55.7 Å². The van der Waals surface area contributed by atoms with Gasteiger partial charge in [-0.3, -0.25) is 9.52 Å². The molecule has 0 saturated carbocycles. The molecule has 5 rings (SSSR count). The average molecular weight is 521 g/mol. The molecule has 2 aromatic heterocycles. The van der Waals surface area contributed by atoms with Gasteiger partial charge in [-0.1, -0.05) is 18.2 Å². The molecule has 1 aliphatic heterocycles. The van der Waals surface area contributed by atoms with Crippen molar-refractivity contribution in [2.75, 3.05) is 29.4 Å². The summed E-state index contributed by atoms with van der Waals surface area (Å²) in [5.41, 5.74) is 2.72. The fourth-order valence-corrected chi connectivity index (χ4v) is 4.91.